The fraction of sp³-hybridized carbons (Fsp3) is 0.182. The molecule has 2 aromatic carbocycles. The van der Waals surface area contributed by atoms with E-state index in [1.54, 1.807) is 18.2 Å². The number of imidazole rings is 1. The molecule has 156 valence electrons. The fourth-order valence-corrected chi connectivity index (χ4v) is 3.53. The molecule has 2 N–H and O–H groups in total. The van der Waals surface area contributed by atoms with E-state index in [0.29, 0.717) is 40.8 Å². The lowest BCUT2D eigenvalue weighted by molar-refractivity contribution is -0.148. The molecule has 0 aliphatic heterocycles. The molecule has 2 heterocycles. The Kier molecular flexibility index (Phi) is 4.58. The molecule has 7 nitrogen and oxygen atoms in total. The van der Waals surface area contributed by atoms with Crippen molar-refractivity contribution >= 4 is 17.0 Å². The number of rotatable bonds is 5. The van der Waals surface area contributed by atoms with Crippen molar-refractivity contribution in [3.8, 4) is 28.5 Å². The number of hydrogen-bond donors (Lipinski definition) is 2. The number of H-pyrrole nitrogens is 1. The number of nitrogens with one attached hydrogen (secondary N) is 1. The Hall–Kier alpha value is -3.88. The van der Waals surface area contributed by atoms with Gasteiger partial charge in [0.25, 0.3) is 0 Å². The lowest BCUT2D eigenvalue weighted by Gasteiger charge is -2.31. The Morgan fingerprint density at radius 3 is 2.55 bits per heavy atom. The molecule has 0 spiro atoms. The van der Waals surface area contributed by atoms with Crippen molar-refractivity contribution in [1.29, 1.82) is 0 Å². The summed E-state index contributed by atoms with van der Waals surface area (Å²) in [5.74, 6) is -1.79. The number of carboxylic acids is 1. The zero-order chi connectivity index (χ0) is 21.5. The minimum absolute atomic E-state index is 0.157. The van der Waals surface area contributed by atoms with Crippen molar-refractivity contribution < 1.29 is 23.4 Å². The highest BCUT2D eigenvalue weighted by atomic mass is 19.1. The first-order valence-electron chi connectivity index (χ1n) is 9.63. The van der Waals surface area contributed by atoms with Crippen LogP contribution in [-0.4, -0.2) is 37.1 Å². The number of carbonyl (C=O) groups is 1. The molecule has 0 bridgehead atoms. The summed E-state index contributed by atoms with van der Waals surface area (Å²) in [7, 11) is 0. The third-order valence-electron chi connectivity index (χ3n) is 5.35. The average Bonchev–Trinajstić information content (AvgIpc) is 3.13. The van der Waals surface area contributed by atoms with E-state index in [1.165, 1.54) is 30.6 Å². The number of aliphatic carboxylic acids is 1. The molecule has 0 atom stereocenters. The van der Waals surface area contributed by atoms with Crippen molar-refractivity contribution in [2.24, 2.45) is 5.92 Å². The first-order valence-corrected chi connectivity index (χ1v) is 9.63. The highest BCUT2D eigenvalue weighted by Gasteiger charge is 2.36. The van der Waals surface area contributed by atoms with E-state index < -0.39 is 17.6 Å². The van der Waals surface area contributed by atoms with Crippen molar-refractivity contribution in [3.63, 3.8) is 0 Å². The minimum atomic E-state index is -0.823. The van der Waals surface area contributed by atoms with Crippen LogP contribution in [0.1, 0.15) is 12.8 Å². The second-order valence-electron chi connectivity index (χ2n) is 7.44. The quantitative estimate of drug-likeness (QED) is 0.500. The SMILES string of the molecule is O=C(O)[C@H]1C[C@@H](Oc2ncc(-c3ccc(-c4nc5cc(F)ccc5[nH]4)c(F)c3)cn2)C1. The molecule has 5 rings (SSSR count). The molecule has 1 aliphatic rings. The van der Waals surface area contributed by atoms with Crippen molar-refractivity contribution in [1.82, 2.24) is 19.9 Å². The van der Waals surface area contributed by atoms with Crippen LogP contribution in [-0.2, 0) is 4.79 Å². The van der Waals surface area contributed by atoms with Crippen LogP contribution in [0.15, 0.2) is 48.8 Å². The van der Waals surface area contributed by atoms with E-state index in [1.807, 2.05) is 0 Å². The van der Waals surface area contributed by atoms with Gasteiger partial charge in [-0.1, -0.05) is 6.07 Å². The van der Waals surface area contributed by atoms with Crippen LogP contribution in [0.4, 0.5) is 8.78 Å². The van der Waals surface area contributed by atoms with Crippen LogP contribution in [0.2, 0.25) is 0 Å². The summed E-state index contributed by atoms with van der Waals surface area (Å²) in [4.78, 5) is 26.4. The topological polar surface area (TPSA) is 101 Å². The Balaban J connectivity index is 1.33. The van der Waals surface area contributed by atoms with Gasteiger partial charge in [0, 0.05) is 24.0 Å². The molecule has 31 heavy (non-hydrogen) atoms. The van der Waals surface area contributed by atoms with Gasteiger partial charge in [0.05, 0.1) is 22.5 Å². The highest BCUT2D eigenvalue weighted by Crippen LogP contribution is 2.31. The Labute approximate surface area is 174 Å². The van der Waals surface area contributed by atoms with Gasteiger partial charge in [-0.25, -0.2) is 23.7 Å². The number of ether oxygens (including phenoxy) is 1. The van der Waals surface area contributed by atoms with E-state index in [0.717, 1.165) is 0 Å². The summed E-state index contributed by atoms with van der Waals surface area (Å²) in [5.41, 5.74) is 2.47. The lowest BCUT2D eigenvalue weighted by atomic mass is 9.82. The van der Waals surface area contributed by atoms with Gasteiger partial charge in [0.2, 0.25) is 0 Å². The van der Waals surface area contributed by atoms with Gasteiger partial charge in [-0.05, 0) is 42.7 Å². The molecule has 1 saturated carbocycles. The van der Waals surface area contributed by atoms with Crippen molar-refractivity contribution in [3.05, 3.63) is 60.4 Å². The molecular formula is C22H16F2N4O3. The van der Waals surface area contributed by atoms with E-state index in [4.69, 9.17) is 9.84 Å². The standard InChI is InChI=1S/C22H16F2N4O3/c23-14-2-4-18-19(8-14)28-20(27-18)16-3-1-11(7-17(16)24)13-9-25-22(26-10-13)31-15-5-12(6-15)21(29)30/h1-4,7-10,12,15H,5-6H2,(H,27,28)(H,29,30)/t12-,15+. The molecule has 0 radical (unpaired) electrons. The zero-order valence-corrected chi connectivity index (χ0v) is 16.0. The monoisotopic (exact) mass is 422 g/mol. The molecule has 0 saturated heterocycles. The number of fused-ring (bicyclic) bond motifs is 1. The number of halogens is 2. The average molecular weight is 422 g/mol. The largest absolute Gasteiger partial charge is 0.481 e. The maximum atomic E-state index is 14.8. The summed E-state index contributed by atoms with van der Waals surface area (Å²) < 4.78 is 33.7. The van der Waals surface area contributed by atoms with Gasteiger partial charge >= 0.3 is 12.0 Å². The summed E-state index contributed by atoms with van der Waals surface area (Å²) in [6.07, 6.45) is 3.70. The van der Waals surface area contributed by atoms with Gasteiger partial charge < -0.3 is 14.8 Å². The Morgan fingerprint density at radius 2 is 1.84 bits per heavy atom. The lowest BCUT2D eigenvalue weighted by Crippen LogP contribution is -2.38. The predicted octanol–water partition coefficient (Wildman–Crippen LogP) is 4.21. The van der Waals surface area contributed by atoms with Gasteiger partial charge in [0.1, 0.15) is 23.6 Å². The third-order valence-corrected chi connectivity index (χ3v) is 5.35. The van der Waals surface area contributed by atoms with E-state index in [-0.39, 0.29) is 23.6 Å². The number of hydrogen-bond acceptors (Lipinski definition) is 5. The van der Waals surface area contributed by atoms with Crippen LogP contribution < -0.4 is 4.74 Å². The van der Waals surface area contributed by atoms with Crippen molar-refractivity contribution in [2.75, 3.05) is 0 Å². The van der Waals surface area contributed by atoms with Gasteiger partial charge in [0.15, 0.2) is 0 Å². The number of nitrogens with zero attached hydrogens (tertiary/aromatic N) is 3. The fourth-order valence-electron chi connectivity index (χ4n) is 3.53. The number of aromatic nitrogens is 4. The summed E-state index contributed by atoms with van der Waals surface area (Å²) >= 11 is 0. The maximum Gasteiger partial charge on any atom is 0.316 e. The predicted molar refractivity (Wildman–Crippen MR) is 107 cm³/mol. The number of carboxylic acid groups (broad SMARTS) is 1. The highest BCUT2D eigenvalue weighted by molar-refractivity contribution is 5.80. The van der Waals surface area contributed by atoms with Gasteiger partial charge in [-0.3, -0.25) is 4.79 Å². The summed E-state index contributed by atoms with van der Waals surface area (Å²) in [6, 6.07) is 8.97. The second kappa shape index (κ2) is 7.42. The van der Waals surface area contributed by atoms with Crippen LogP contribution in [0.25, 0.3) is 33.5 Å². The smallest absolute Gasteiger partial charge is 0.316 e. The Bertz CT molecular complexity index is 1280. The first-order chi connectivity index (χ1) is 15.0. The minimum Gasteiger partial charge on any atom is -0.481 e. The molecule has 2 aromatic heterocycles. The van der Waals surface area contributed by atoms with E-state index in [2.05, 4.69) is 19.9 Å². The Morgan fingerprint density at radius 1 is 1.06 bits per heavy atom. The van der Waals surface area contributed by atoms with Gasteiger partial charge in [-0.2, -0.15) is 0 Å². The molecule has 0 amide bonds. The van der Waals surface area contributed by atoms with Crippen LogP contribution in [0.5, 0.6) is 6.01 Å². The van der Waals surface area contributed by atoms with E-state index in [9.17, 15) is 13.6 Å². The summed E-state index contributed by atoms with van der Waals surface area (Å²) in [6.45, 7) is 0. The summed E-state index contributed by atoms with van der Waals surface area (Å²) in [5, 5.41) is 8.90. The second-order valence-corrected chi connectivity index (χ2v) is 7.44. The molecule has 0 unspecified atom stereocenters. The van der Waals surface area contributed by atoms with Crippen LogP contribution >= 0.6 is 0 Å². The van der Waals surface area contributed by atoms with E-state index >= 15 is 0 Å². The first kappa shape index (κ1) is 19.1. The van der Waals surface area contributed by atoms with Crippen molar-refractivity contribution in [2.45, 2.75) is 18.9 Å². The number of aromatic amines is 1. The normalized spacial score (nSPS) is 18.0. The molecule has 1 aliphatic carbocycles. The third kappa shape index (κ3) is 3.70. The van der Waals surface area contributed by atoms with Crippen LogP contribution in [0, 0.1) is 17.6 Å². The molecule has 9 heteroatoms. The molecule has 4 aromatic rings. The van der Waals surface area contributed by atoms with Gasteiger partial charge in [-0.15, -0.1) is 0 Å². The number of benzene rings is 2. The molecular weight excluding hydrogens is 406 g/mol. The van der Waals surface area contributed by atoms with Crippen LogP contribution in [0.3, 0.4) is 0 Å². The maximum absolute atomic E-state index is 14.8. The molecule has 1 fully saturated rings. The zero-order valence-electron chi connectivity index (χ0n) is 16.0.